The molecule has 1 atom stereocenters. The van der Waals surface area contributed by atoms with Crippen molar-refractivity contribution in [3.63, 3.8) is 0 Å². The summed E-state index contributed by atoms with van der Waals surface area (Å²) in [6, 6.07) is 3.91. The van der Waals surface area contributed by atoms with Gasteiger partial charge < -0.3 is 14.7 Å². The SMILES string of the molecule is Cc1ncc(-c2ccc(C(O)CC(C)C)nc2)c(N2CCC(C)(C)CC2)c1CC(=O)OC(C)C. The lowest BCUT2D eigenvalue weighted by molar-refractivity contribution is -0.146. The molecule has 0 spiro atoms. The number of pyridine rings is 2. The summed E-state index contributed by atoms with van der Waals surface area (Å²) in [6.07, 6.45) is 6.02. The normalized spacial score (nSPS) is 16.7. The van der Waals surface area contributed by atoms with Gasteiger partial charge in [0.05, 0.1) is 30.0 Å². The van der Waals surface area contributed by atoms with Crippen molar-refractivity contribution in [3.05, 3.63) is 41.5 Å². The summed E-state index contributed by atoms with van der Waals surface area (Å²) in [5.74, 6) is 0.154. The number of hydrogen-bond acceptors (Lipinski definition) is 6. The van der Waals surface area contributed by atoms with Gasteiger partial charge in [-0.25, -0.2) is 0 Å². The van der Waals surface area contributed by atoms with Crippen molar-refractivity contribution >= 4 is 11.7 Å². The molecular formula is C28H41N3O3. The molecule has 0 radical (unpaired) electrons. The molecule has 3 rings (SSSR count). The van der Waals surface area contributed by atoms with E-state index in [-0.39, 0.29) is 18.5 Å². The standard InChI is InChI=1S/C28H41N3O3/c1-18(2)14-25(32)24-9-8-21(16-30-24)23-17-29-20(5)22(15-26(33)34-19(3)4)27(23)31-12-10-28(6,7)11-13-31/h8-9,16-19,25,32H,10-15H2,1-7H3. The van der Waals surface area contributed by atoms with Crippen LogP contribution in [0.2, 0.25) is 0 Å². The first kappa shape index (κ1) is 26.1. The van der Waals surface area contributed by atoms with Crippen molar-refractivity contribution in [2.24, 2.45) is 11.3 Å². The molecule has 1 saturated heterocycles. The monoisotopic (exact) mass is 467 g/mol. The van der Waals surface area contributed by atoms with E-state index < -0.39 is 6.10 Å². The summed E-state index contributed by atoms with van der Waals surface area (Å²) in [5, 5.41) is 10.5. The van der Waals surface area contributed by atoms with Gasteiger partial charge in [-0.2, -0.15) is 0 Å². The Labute approximate surface area is 204 Å². The number of piperidine rings is 1. The number of anilines is 1. The zero-order valence-electron chi connectivity index (χ0n) is 21.9. The molecule has 1 aliphatic rings. The Hall–Kier alpha value is -2.47. The Morgan fingerprint density at radius 2 is 1.79 bits per heavy atom. The Morgan fingerprint density at radius 3 is 2.35 bits per heavy atom. The molecule has 6 nitrogen and oxygen atoms in total. The molecule has 1 N–H and O–H groups in total. The fraction of sp³-hybridized carbons (Fsp3) is 0.607. The summed E-state index contributed by atoms with van der Waals surface area (Å²) in [5.41, 5.74) is 5.72. The second kappa shape index (κ2) is 10.9. The van der Waals surface area contributed by atoms with E-state index >= 15 is 0 Å². The molecule has 3 heterocycles. The van der Waals surface area contributed by atoms with Crippen LogP contribution in [0.1, 0.15) is 83.9 Å². The number of hydrogen-bond donors (Lipinski definition) is 1. The quantitative estimate of drug-likeness (QED) is 0.506. The van der Waals surface area contributed by atoms with Gasteiger partial charge >= 0.3 is 5.97 Å². The highest BCUT2D eigenvalue weighted by Gasteiger charge is 2.29. The number of aliphatic hydroxyl groups is 1. The van der Waals surface area contributed by atoms with Gasteiger partial charge in [0.2, 0.25) is 0 Å². The summed E-state index contributed by atoms with van der Waals surface area (Å²) in [7, 11) is 0. The summed E-state index contributed by atoms with van der Waals surface area (Å²) < 4.78 is 5.48. The van der Waals surface area contributed by atoms with Gasteiger partial charge in [-0.1, -0.05) is 33.8 Å². The smallest absolute Gasteiger partial charge is 0.310 e. The molecule has 1 unspecified atom stereocenters. The second-order valence-electron chi connectivity index (χ2n) is 11.1. The molecule has 6 heteroatoms. The Kier molecular flexibility index (Phi) is 8.34. The fourth-order valence-electron chi connectivity index (χ4n) is 4.53. The highest BCUT2D eigenvalue weighted by atomic mass is 16.5. The Bertz CT molecular complexity index is 973. The van der Waals surface area contributed by atoms with Crippen molar-refractivity contribution in [1.29, 1.82) is 0 Å². The van der Waals surface area contributed by atoms with Crippen molar-refractivity contribution in [2.75, 3.05) is 18.0 Å². The number of carbonyl (C=O) groups is 1. The van der Waals surface area contributed by atoms with E-state index in [1.54, 1.807) is 0 Å². The van der Waals surface area contributed by atoms with Crippen LogP contribution in [0.4, 0.5) is 5.69 Å². The van der Waals surface area contributed by atoms with Crippen LogP contribution in [-0.4, -0.2) is 40.2 Å². The Balaban J connectivity index is 2.02. The van der Waals surface area contributed by atoms with Crippen LogP contribution in [0.5, 0.6) is 0 Å². The van der Waals surface area contributed by atoms with E-state index in [2.05, 4.69) is 42.6 Å². The molecule has 0 aromatic carbocycles. The number of nitrogens with zero attached hydrogens (tertiary/aromatic N) is 3. The van der Waals surface area contributed by atoms with Gasteiger partial charge in [-0.15, -0.1) is 0 Å². The Morgan fingerprint density at radius 1 is 1.12 bits per heavy atom. The number of rotatable bonds is 8. The number of carbonyl (C=O) groups excluding carboxylic acids is 1. The van der Waals surface area contributed by atoms with Gasteiger partial charge in [-0.05, 0) is 57.4 Å². The average Bonchev–Trinajstić information content (AvgIpc) is 2.74. The molecule has 1 aliphatic heterocycles. The number of ether oxygens (including phenoxy) is 1. The maximum absolute atomic E-state index is 12.7. The third kappa shape index (κ3) is 6.56. The summed E-state index contributed by atoms with van der Waals surface area (Å²) in [4.78, 5) is 24.3. The van der Waals surface area contributed by atoms with Gasteiger partial charge in [0.25, 0.3) is 0 Å². The number of aromatic nitrogens is 2. The van der Waals surface area contributed by atoms with Gasteiger partial charge in [0, 0.05) is 47.9 Å². The van der Waals surface area contributed by atoms with Gasteiger partial charge in [0.1, 0.15) is 0 Å². The maximum Gasteiger partial charge on any atom is 0.310 e. The molecule has 0 amide bonds. The number of aliphatic hydroxyl groups excluding tert-OH is 1. The highest BCUT2D eigenvalue weighted by molar-refractivity contribution is 5.85. The van der Waals surface area contributed by atoms with E-state index in [1.807, 2.05) is 45.3 Å². The fourth-order valence-corrected chi connectivity index (χ4v) is 4.53. The molecule has 0 aliphatic carbocycles. The first-order valence-electron chi connectivity index (χ1n) is 12.5. The topological polar surface area (TPSA) is 75.6 Å². The third-order valence-electron chi connectivity index (χ3n) is 6.62. The van der Waals surface area contributed by atoms with Gasteiger partial charge in [0.15, 0.2) is 0 Å². The molecule has 0 bridgehead atoms. The maximum atomic E-state index is 12.7. The lowest BCUT2D eigenvalue weighted by Gasteiger charge is -2.40. The minimum absolute atomic E-state index is 0.155. The van der Waals surface area contributed by atoms with Crippen LogP contribution in [0.25, 0.3) is 11.1 Å². The minimum atomic E-state index is -0.574. The van der Waals surface area contributed by atoms with E-state index in [0.717, 1.165) is 54.0 Å². The zero-order chi connectivity index (χ0) is 25.0. The molecule has 2 aromatic heterocycles. The van der Waals surface area contributed by atoms with Crippen molar-refractivity contribution < 1.29 is 14.6 Å². The van der Waals surface area contributed by atoms with Crippen molar-refractivity contribution in [3.8, 4) is 11.1 Å². The van der Waals surface area contributed by atoms with E-state index in [4.69, 9.17) is 4.74 Å². The average molecular weight is 468 g/mol. The van der Waals surface area contributed by atoms with Gasteiger partial charge in [-0.3, -0.25) is 14.8 Å². The van der Waals surface area contributed by atoms with Crippen LogP contribution in [-0.2, 0) is 16.0 Å². The highest BCUT2D eigenvalue weighted by Crippen LogP contribution is 2.40. The van der Waals surface area contributed by atoms with Crippen LogP contribution in [0.15, 0.2) is 24.5 Å². The largest absolute Gasteiger partial charge is 0.463 e. The molecule has 34 heavy (non-hydrogen) atoms. The molecule has 186 valence electrons. The molecular weight excluding hydrogens is 426 g/mol. The molecule has 2 aromatic rings. The van der Waals surface area contributed by atoms with Crippen LogP contribution in [0.3, 0.4) is 0 Å². The van der Waals surface area contributed by atoms with Crippen molar-refractivity contribution in [2.45, 2.75) is 86.4 Å². The summed E-state index contributed by atoms with van der Waals surface area (Å²) in [6.45, 7) is 16.4. The van der Waals surface area contributed by atoms with Crippen LogP contribution in [0, 0.1) is 18.3 Å². The number of esters is 1. The minimum Gasteiger partial charge on any atom is -0.463 e. The third-order valence-corrected chi connectivity index (χ3v) is 6.62. The molecule has 1 fully saturated rings. The van der Waals surface area contributed by atoms with Crippen LogP contribution < -0.4 is 4.90 Å². The first-order valence-corrected chi connectivity index (χ1v) is 12.5. The predicted octanol–water partition coefficient (Wildman–Crippen LogP) is 5.65. The second-order valence-corrected chi connectivity index (χ2v) is 11.1. The van der Waals surface area contributed by atoms with E-state index in [1.165, 1.54) is 0 Å². The number of aryl methyl sites for hydroxylation is 1. The predicted molar refractivity (Wildman–Crippen MR) is 137 cm³/mol. The zero-order valence-corrected chi connectivity index (χ0v) is 21.9. The van der Waals surface area contributed by atoms with Crippen LogP contribution >= 0.6 is 0 Å². The first-order chi connectivity index (χ1) is 16.0. The lowest BCUT2D eigenvalue weighted by Crippen LogP contribution is -2.38. The lowest BCUT2D eigenvalue weighted by atomic mass is 9.82. The van der Waals surface area contributed by atoms with E-state index in [9.17, 15) is 9.90 Å². The molecule has 0 saturated carbocycles. The van der Waals surface area contributed by atoms with Crippen molar-refractivity contribution in [1.82, 2.24) is 9.97 Å². The summed E-state index contributed by atoms with van der Waals surface area (Å²) >= 11 is 0. The van der Waals surface area contributed by atoms with E-state index in [0.29, 0.717) is 23.4 Å².